The quantitative estimate of drug-likeness (QED) is 0.834. The van der Waals surface area contributed by atoms with Crippen LogP contribution in [0.1, 0.15) is 81.9 Å². The van der Waals surface area contributed by atoms with Crippen LogP contribution in [0, 0.1) is 0 Å². The maximum atomic E-state index is 9.91. The molecule has 148 valence electrons. The van der Waals surface area contributed by atoms with Crippen molar-refractivity contribution in [2.24, 2.45) is 0 Å². The van der Waals surface area contributed by atoms with Gasteiger partial charge in [-0.25, -0.2) is 9.50 Å². The van der Waals surface area contributed by atoms with Crippen LogP contribution in [0.15, 0.2) is 12.3 Å². The van der Waals surface area contributed by atoms with E-state index in [4.69, 9.17) is 9.84 Å². The number of nitrogens with one attached hydrogen (secondary N) is 1. The molecule has 2 N–H and O–H groups in total. The molecule has 0 spiro atoms. The highest BCUT2D eigenvalue weighted by molar-refractivity contribution is 5.58. The number of aromatic nitrogens is 3. The second kappa shape index (κ2) is 8.15. The molecule has 1 aliphatic carbocycles. The van der Waals surface area contributed by atoms with E-state index in [9.17, 15) is 5.11 Å². The van der Waals surface area contributed by atoms with E-state index in [1.807, 2.05) is 6.20 Å². The molecule has 0 aromatic carbocycles. The molecule has 1 unspecified atom stereocenters. The third-order valence-corrected chi connectivity index (χ3v) is 6.34. The number of aliphatic hydroxyl groups is 1. The van der Waals surface area contributed by atoms with Crippen molar-refractivity contribution in [3.63, 3.8) is 0 Å². The molecule has 1 saturated heterocycles. The van der Waals surface area contributed by atoms with E-state index in [1.54, 1.807) is 0 Å². The number of rotatable bonds is 5. The molecule has 6 heteroatoms. The fraction of sp³-hybridized carbons (Fsp3) is 0.714. The van der Waals surface area contributed by atoms with Crippen molar-refractivity contribution in [3.8, 4) is 0 Å². The number of hydrogen-bond acceptors (Lipinski definition) is 5. The first-order valence-electron chi connectivity index (χ1n) is 10.6. The molecule has 0 amide bonds. The Bertz CT molecular complexity index is 761. The average Bonchev–Trinajstić information content (AvgIpc) is 3.08. The van der Waals surface area contributed by atoms with Crippen molar-refractivity contribution in [2.45, 2.75) is 82.8 Å². The van der Waals surface area contributed by atoms with Gasteiger partial charge in [-0.2, -0.15) is 0 Å². The molecule has 1 saturated carbocycles. The van der Waals surface area contributed by atoms with Crippen LogP contribution in [0.2, 0.25) is 0 Å². The molecule has 0 radical (unpaired) electrons. The van der Waals surface area contributed by atoms with E-state index < -0.39 is 0 Å². The number of fused-ring (bicyclic) bond motifs is 1. The summed E-state index contributed by atoms with van der Waals surface area (Å²) in [6.07, 6.45) is 8.83. The Labute approximate surface area is 161 Å². The van der Waals surface area contributed by atoms with Gasteiger partial charge >= 0.3 is 0 Å². The highest BCUT2D eigenvalue weighted by Gasteiger charge is 2.28. The van der Waals surface area contributed by atoms with Gasteiger partial charge in [-0.05, 0) is 69.4 Å². The largest absolute Gasteiger partial charge is 0.393 e. The minimum atomic E-state index is -0.139. The van der Waals surface area contributed by atoms with E-state index in [-0.39, 0.29) is 6.10 Å². The predicted molar refractivity (Wildman–Crippen MR) is 106 cm³/mol. The molecular formula is C21H32N4O2. The summed E-state index contributed by atoms with van der Waals surface area (Å²) in [6, 6.07) is 2.72. The Kier molecular flexibility index (Phi) is 5.64. The SMILES string of the molecule is CCC(C)Nc1ncc2c(C3CCOCC3)cc(C3CCC(O)CC3)n2n1. The molecule has 1 aliphatic heterocycles. The monoisotopic (exact) mass is 372 g/mol. The number of anilines is 1. The molecule has 4 rings (SSSR count). The van der Waals surface area contributed by atoms with E-state index in [2.05, 4.69) is 34.7 Å². The summed E-state index contributed by atoms with van der Waals surface area (Å²) in [5.74, 6) is 1.68. The maximum Gasteiger partial charge on any atom is 0.241 e. The van der Waals surface area contributed by atoms with Gasteiger partial charge in [0.15, 0.2) is 0 Å². The first kappa shape index (κ1) is 18.7. The number of aliphatic hydroxyl groups excluding tert-OH is 1. The zero-order valence-electron chi connectivity index (χ0n) is 16.5. The van der Waals surface area contributed by atoms with E-state index in [1.165, 1.54) is 11.3 Å². The topological polar surface area (TPSA) is 71.7 Å². The molecule has 6 nitrogen and oxygen atoms in total. The predicted octanol–water partition coefficient (Wildman–Crippen LogP) is 3.85. The zero-order valence-corrected chi connectivity index (χ0v) is 16.5. The van der Waals surface area contributed by atoms with Gasteiger partial charge in [-0.1, -0.05) is 6.92 Å². The summed E-state index contributed by atoms with van der Waals surface area (Å²) in [7, 11) is 0. The molecule has 27 heavy (non-hydrogen) atoms. The normalized spacial score (nSPS) is 25.6. The van der Waals surface area contributed by atoms with E-state index >= 15 is 0 Å². The minimum absolute atomic E-state index is 0.139. The second-order valence-corrected chi connectivity index (χ2v) is 8.25. The molecule has 1 atom stereocenters. The summed E-state index contributed by atoms with van der Waals surface area (Å²) >= 11 is 0. The van der Waals surface area contributed by atoms with Crippen LogP contribution >= 0.6 is 0 Å². The third-order valence-electron chi connectivity index (χ3n) is 6.34. The van der Waals surface area contributed by atoms with Gasteiger partial charge in [-0.3, -0.25) is 0 Å². The van der Waals surface area contributed by atoms with Gasteiger partial charge in [-0.15, -0.1) is 5.10 Å². The number of nitrogens with zero attached hydrogens (tertiary/aromatic N) is 3. The van der Waals surface area contributed by atoms with Crippen molar-refractivity contribution in [1.82, 2.24) is 14.6 Å². The Morgan fingerprint density at radius 2 is 1.93 bits per heavy atom. The van der Waals surface area contributed by atoms with Gasteiger partial charge in [0.2, 0.25) is 5.95 Å². The second-order valence-electron chi connectivity index (χ2n) is 8.25. The number of ether oxygens (including phenoxy) is 1. The first-order valence-corrected chi connectivity index (χ1v) is 10.6. The van der Waals surface area contributed by atoms with Gasteiger partial charge in [0.05, 0.1) is 17.8 Å². The lowest BCUT2D eigenvalue weighted by atomic mass is 9.84. The van der Waals surface area contributed by atoms with Crippen molar-refractivity contribution in [3.05, 3.63) is 23.5 Å². The average molecular weight is 373 g/mol. The Morgan fingerprint density at radius 3 is 2.63 bits per heavy atom. The summed E-state index contributed by atoms with van der Waals surface area (Å²) < 4.78 is 7.70. The molecular weight excluding hydrogens is 340 g/mol. The third kappa shape index (κ3) is 3.97. The minimum Gasteiger partial charge on any atom is -0.393 e. The first-order chi connectivity index (χ1) is 13.2. The van der Waals surface area contributed by atoms with E-state index in [0.717, 1.165) is 63.7 Å². The van der Waals surface area contributed by atoms with Crippen LogP contribution < -0.4 is 5.32 Å². The standard InChI is InChI=1S/C21H32N4O2/c1-3-14(2)23-21-22-13-20-18(15-8-10-27-11-9-15)12-19(25(20)24-21)16-4-6-17(26)7-5-16/h12-17,26H,3-11H2,1-2H3,(H,23,24). The van der Waals surface area contributed by atoms with Gasteiger partial charge in [0, 0.05) is 30.9 Å². The lowest BCUT2D eigenvalue weighted by molar-refractivity contribution is 0.0856. The lowest BCUT2D eigenvalue weighted by Crippen LogP contribution is -2.19. The van der Waals surface area contributed by atoms with Crippen molar-refractivity contribution in [2.75, 3.05) is 18.5 Å². The smallest absolute Gasteiger partial charge is 0.241 e. The molecule has 3 heterocycles. The van der Waals surface area contributed by atoms with Crippen LogP contribution in [0.4, 0.5) is 5.95 Å². The van der Waals surface area contributed by atoms with Crippen LogP contribution in [0.25, 0.3) is 5.52 Å². The Hall–Kier alpha value is -1.66. The fourth-order valence-corrected chi connectivity index (χ4v) is 4.43. The van der Waals surface area contributed by atoms with Crippen molar-refractivity contribution in [1.29, 1.82) is 0 Å². The zero-order chi connectivity index (χ0) is 18.8. The van der Waals surface area contributed by atoms with Gasteiger partial charge in [0.25, 0.3) is 0 Å². The van der Waals surface area contributed by atoms with Gasteiger partial charge in [0.1, 0.15) is 0 Å². The molecule has 2 fully saturated rings. The summed E-state index contributed by atoms with van der Waals surface area (Å²) in [5, 5.41) is 18.2. The molecule has 0 bridgehead atoms. The van der Waals surface area contributed by atoms with Crippen molar-refractivity contribution >= 4 is 11.5 Å². The molecule has 2 aromatic heterocycles. The summed E-state index contributed by atoms with van der Waals surface area (Å²) in [6.45, 7) is 5.98. The van der Waals surface area contributed by atoms with Crippen LogP contribution in [0.5, 0.6) is 0 Å². The van der Waals surface area contributed by atoms with Crippen LogP contribution in [-0.2, 0) is 4.74 Å². The Morgan fingerprint density at radius 1 is 1.19 bits per heavy atom. The number of hydrogen-bond donors (Lipinski definition) is 2. The Balaban J connectivity index is 1.72. The van der Waals surface area contributed by atoms with E-state index in [0.29, 0.717) is 23.8 Å². The highest BCUT2D eigenvalue weighted by Crippen LogP contribution is 2.38. The maximum absolute atomic E-state index is 9.91. The summed E-state index contributed by atoms with van der Waals surface area (Å²) in [4.78, 5) is 4.61. The van der Waals surface area contributed by atoms with Gasteiger partial charge < -0.3 is 15.2 Å². The lowest BCUT2D eigenvalue weighted by Gasteiger charge is -2.25. The van der Waals surface area contributed by atoms with Crippen molar-refractivity contribution < 1.29 is 9.84 Å². The fourth-order valence-electron chi connectivity index (χ4n) is 4.43. The highest BCUT2D eigenvalue weighted by atomic mass is 16.5. The van der Waals surface area contributed by atoms with Crippen LogP contribution in [0.3, 0.4) is 0 Å². The van der Waals surface area contributed by atoms with Crippen LogP contribution in [-0.4, -0.2) is 45.1 Å². The molecule has 2 aromatic rings. The molecule has 2 aliphatic rings. The summed E-state index contributed by atoms with van der Waals surface area (Å²) in [5.41, 5.74) is 3.79.